The lowest BCUT2D eigenvalue weighted by Gasteiger charge is -2.23. The molecule has 0 N–H and O–H groups in total. The van der Waals surface area contributed by atoms with Crippen LogP contribution >= 0.6 is 11.6 Å². The van der Waals surface area contributed by atoms with Crippen LogP contribution in [-0.4, -0.2) is 5.78 Å². The van der Waals surface area contributed by atoms with Gasteiger partial charge in [-0.2, -0.15) is 0 Å². The highest BCUT2D eigenvalue weighted by Gasteiger charge is 2.28. The van der Waals surface area contributed by atoms with Crippen LogP contribution in [0.1, 0.15) is 50.5 Å². The molecule has 1 aromatic rings. The minimum atomic E-state index is 0.191. The topological polar surface area (TPSA) is 17.1 Å². The van der Waals surface area contributed by atoms with E-state index in [9.17, 15) is 4.79 Å². The molecule has 92 valence electrons. The summed E-state index contributed by atoms with van der Waals surface area (Å²) in [5, 5.41) is 0.772. The van der Waals surface area contributed by atoms with Crippen molar-refractivity contribution in [2.45, 2.75) is 44.9 Å². The second-order valence-electron chi connectivity index (χ2n) is 5.02. The molecule has 2 rings (SSSR count). The lowest BCUT2D eigenvalue weighted by Crippen LogP contribution is -2.19. The van der Waals surface area contributed by atoms with Gasteiger partial charge in [-0.15, -0.1) is 0 Å². The number of rotatable bonds is 2. The molecule has 0 bridgehead atoms. The Labute approximate surface area is 108 Å². The van der Waals surface area contributed by atoms with Gasteiger partial charge in [-0.05, 0) is 43.4 Å². The predicted octanol–water partition coefficient (Wildman–Crippen LogP) is 4.59. The predicted molar refractivity (Wildman–Crippen MR) is 71.4 cm³/mol. The Hall–Kier alpha value is -0.820. The van der Waals surface area contributed by atoms with E-state index in [-0.39, 0.29) is 5.92 Å². The fraction of sp³-hybridized carbons (Fsp3) is 0.533. The first-order valence-electron chi connectivity index (χ1n) is 6.44. The summed E-state index contributed by atoms with van der Waals surface area (Å²) < 4.78 is 0. The van der Waals surface area contributed by atoms with E-state index in [1.54, 1.807) is 6.92 Å². The number of Topliss-reactive ketones (excluding diaryl/α,β-unsaturated/α-hetero) is 1. The molecule has 17 heavy (non-hydrogen) atoms. The zero-order valence-corrected chi connectivity index (χ0v) is 11.0. The van der Waals surface area contributed by atoms with Crippen molar-refractivity contribution in [2.75, 3.05) is 0 Å². The van der Waals surface area contributed by atoms with Crippen LogP contribution in [0.15, 0.2) is 24.3 Å². The van der Waals surface area contributed by atoms with Gasteiger partial charge in [-0.25, -0.2) is 0 Å². The lowest BCUT2D eigenvalue weighted by atomic mass is 9.80. The van der Waals surface area contributed by atoms with Crippen LogP contribution in [0.5, 0.6) is 0 Å². The van der Waals surface area contributed by atoms with E-state index in [4.69, 9.17) is 11.6 Å². The van der Waals surface area contributed by atoms with E-state index in [1.807, 2.05) is 18.2 Å². The number of hydrogen-bond donors (Lipinski definition) is 0. The molecule has 1 aliphatic rings. The van der Waals surface area contributed by atoms with Crippen molar-refractivity contribution < 1.29 is 4.79 Å². The number of carbonyl (C=O) groups excluding carboxylic acids is 1. The quantitative estimate of drug-likeness (QED) is 0.702. The first kappa shape index (κ1) is 12.6. The van der Waals surface area contributed by atoms with E-state index in [0.717, 1.165) is 17.9 Å². The third kappa shape index (κ3) is 3.10. The maximum Gasteiger partial charge on any atom is 0.133 e. The van der Waals surface area contributed by atoms with Crippen molar-refractivity contribution >= 4 is 17.4 Å². The number of benzene rings is 1. The smallest absolute Gasteiger partial charge is 0.133 e. The van der Waals surface area contributed by atoms with Crippen molar-refractivity contribution in [3.05, 3.63) is 34.9 Å². The van der Waals surface area contributed by atoms with Gasteiger partial charge in [0.1, 0.15) is 5.78 Å². The summed E-state index contributed by atoms with van der Waals surface area (Å²) in [5.41, 5.74) is 1.24. The highest BCUT2D eigenvalue weighted by Crippen LogP contribution is 2.37. The first-order chi connectivity index (χ1) is 8.18. The van der Waals surface area contributed by atoms with E-state index >= 15 is 0 Å². The Morgan fingerprint density at radius 2 is 2.00 bits per heavy atom. The van der Waals surface area contributed by atoms with E-state index in [1.165, 1.54) is 24.8 Å². The lowest BCUT2D eigenvalue weighted by molar-refractivity contribution is -0.121. The first-order valence-corrected chi connectivity index (χ1v) is 6.82. The monoisotopic (exact) mass is 250 g/mol. The molecule has 1 aromatic carbocycles. The van der Waals surface area contributed by atoms with E-state index < -0.39 is 0 Å². The minimum Gasteiger partial charge on any atom is -0.300 e. The van der Waals surface area contributed by atoms with Crippen LogP contribution in [0.4, 0.5) is 0 Å². The zero-order valence-electron chi connectivity index (χ0n) is 10.3. The summed E-state index contributed by atoms with van der Waals surface area (Å²) in [5.74, 6) is 0.890. The van der Waals surface area contributed by atoms with E-state index in [0.29, 0.717) is 11.7 Å². The molecule has 0 heterocycles. The van der Waals surface area contributed by atoms with Crippen LogP contribution < -0.4 is 0 Å². The fourth-order valence-corrected chi connectivity index (χ4v) is 3.13. The van der Waals surface area contributed by atoms with Gasteiger partial charge in [0.2, 0.25) is 0 Å². The third-order valence-corrected chi connectivity index (χ3v) is 4.05. The molecule has 2 unspecified atom stereocenters. The van der Waals surface area contributed by atoms with Gasteiger partial charge < -0.3 is 0 Å². The maximum atomic E-state index is 11.8. The fourth-order valence-electron chi connectivity index (χ4n) is 2.93. The summed E-state index contributed by atoms with van der Waals surface area (Å²) in [6, 6.07) is 8.01. The second kappa shape index (κ2) is 5.68. The Morgan fingerprint density at radius 1 is 1.24 bits per heavy atom. The summed E-state index contributed by atoms with van der Waals surface area (Å²) in [6.07, 6.45) is 5.81. The largest absolute Gasteiger partial charge is 0.300 e. The van der Waals surface area contributed by atoms with Gasteiger partial charge in [-0.1, -0.05) is 43.0 Å². The molecule has 1 fully saturated rings. The van der Waals surface area contributed by atoms with Gasteiger partial charge in [0.25, 0.3) is 0 Å². The van der Waals surface area contributed by atoms with E-state index in [2.05, 4.69) is 6.07 Å². The van der Waals surface area contributed by atoms with Crippen LogP contribution in [0.25, 0.3) is 0 Å². The maximum absolute atomic E-state index is 11.8. The molecule has 1 aliphatic carbocycles. The highest BCUT2D eigenvalue weighted by molar-refractivity contribution is 6.30. The van der Waals surface area contributed by atoms with Crippen molar-refractivity contribution in [3.8, 4) is 0 Å². The SMILES string of the molecule is CC(=O)C1CCCCCC1c1cccc(Cl)c1. The average molecular weight is 251 g/mol. The zero-order chi connectivity index (χ0) is 12.3. The van der Waals surface area contributed by atoms with Gasteiger partial charge in [-0.3, -0.25) is 4.79 Å². The van der Waals surface area contributed by atoms with Crippen LogP contribution in [0, 0.1) is 5.92 Å². The number of halogens is 1. The number of ketones is 1. The van der Waals surface area contributed by atoms with Gasteiger partial charge in [0.05, 0.1) is 0 Å². The standard InChI is InChI=1S/C15H19ClO/c1-11(17)14-8-3-2-4-9-15(14)12-6-5-7-13(16)10-12/h5-7,10,14-15H,2-4,8-9H2,1H3. The van der Waals surface area contributed by atoms with Crippen molar-refractivity contribution in [2.24, 2.45) is 5.92 Å². The van der Waals surface area contributed by atoms with Crippen molar-refractivity contribution in [3.63, 3.8) is 0 Å². The van der Waals surface area contributed by atoms with Crippen LogP contribution in [0.3, 0.4) is 0 Å². The normalized spacial score (nSPS) is 25.3. The molecule has 0 aromatic heterocycles. The Balaban J connectivity index is 2.28. The molecule has 2 heteroatoms. The average Bonchev–Trinajstić information content (AvgIpc) is 2.54. The van der Waals surface area contributed by atoms with Crippen molar-refractivity contribution in [1.82, 2.24) is 0 Å². The Bertz CT molecular complexity index is 400. The van der Waals surface area contributed by atoms with Gasteiger partial charge in [0.15, 0.2) is 0 Å². The van der Waals surface area contributed by atoms with Crippen LogP contribution in [-0.2, 0) is 4.79 Å². The third-order valence-electron chi connectivity index (χ3n) is 3.81. The molecule has 0 saturated heterocycles. The van der Waals surface area contributed by atoms with Gasteiger partial charge in [0, 0.05) is 10.9 Å². The molecule has 0 radical (unpaired) electrons. The molecule has 2 atom stereocenters. The van der Waals surface area contributed by atoms with Crippen molar-refractivity contribution in [1.29, 1.82) is 0 Å². The minimum absolute atomic E-state index is 0.191. The Morgan fingerprint density at radius 3 is 2.71 bits per heavy atom. The molecular weight excluding hydrogens is 232 g/mol. The number of hydrogen-bond acceptors (Lipinski definition) is 1. The highest BCUT2D eigenvalue weighted by atomic mass is 35.5. The molecule has 1 saturated carbocycles. The Kier molecular flexibility index (Phi) is 4.22. The molecule has 0 aliphatic heterocycles. The second-order valence-corrected chi connectivity index (χ2v) is 5.45. The number of carbonyl (C=O) groups is 1. The summed E-state index contributed by atoms with van der Waals surface area (Å²) >= 11 is 6.05. The summed E-state index contributed by atoms with van der Waals surface area (Å²) in [6.45, 7) is 1.73. The summed E-state index contributed by atoms with van der Waals surface area (Å²) in [7, 11) is 0. The molecular formula is C15H19ClO. The van der Waals surface area contributed by atoms with Crippen LogP contribution in [0.2, 0.25) is 5.02 Å². The summed E-state index contributed by atoms with van der Waals surface area (Å²) in [4.78, 5) is 11.8. The molecule has 0 amide bonds. The van der Waals surface area contributed by atoms with Gasteiger partial charge >= 0.3 is 0 Å². The molecule has 0 spiro atoms. The molecule has 1 nitrogen and oxygen atoms in total.